The third-order valence-electron chi connectivity index (χ3n) is 3.69. The summed E-state index contributed by atoms with van der Waals surface area (Å²) in [5.41, 5.74) is 0. The molecule has 2 rings (SSSR count). The third-order valence-corrected chi connectivity index (χ3v) is 6.91. The van der Waals surface area contributed by atoms with Crippen molar-refractivity contribution in [3.05, 3.63) is 0 Å². The fraction of sp³-hybridized carbons (Fsp3) is 1.00. The number of hydrogen-bond acceptors (Lipinski definition) is 4. The van der Waals surface area contributed by atoms with Crippen LogP contribution in [0.4, 0.5) is 0 Å². The molecular weight excluding hydrogens is 250 g/mol. The zero-order valence-corrected chi connectivity index (χ0v) is 12.6. The lowest BCUT2D eigenvalue weighted by Gasteiger charge is -2.37. The van der Waals surface area contributed by atoms with Crippen molar-refractivity contribution in [2.75, 3.05) is 31.3 Å². The van der Waals surface area contributed by atoms with Gasteiger partial charge in [0.2, 0.25) is 0 Å². The first-order valence-electron chi connectivity index (χ1n) is 6.87. The minimum Gasteiger partial charge on any atom is -0.381 e. The second-order valence-corrected chi connectivity index (χ2v) is 7.79. The van der Waals surface area contributed by atoms with E-state index in [4.69, 9.17) is 4.74 Å². The molecule has 2 nitrogen and oxygen atoms in total. The summed E-state index contributed by atoms with van der Waals surface area (Å²) in [4.78, 5) is 0. The van der Waals surface area contributed by atoms with E-state index >= 15 is 0 Å². The van der Waals surface area contributed by atoms with Crippen LogP contribution in [0.5, 0.6) is 0 Å². The zero-order valence-electron chi connectivity index (χ0n) is 11.0. The second-order valence-electron chi connectivity index (χ2n) is 5.01. The lowest BCUT2D eigenvalue weighted by Crippen LogP contribution is -2.49. The van der Waals surface area contributed by atoms with Gasteiger partial charge in [-0.15, -0.1) is 0 Å². The molecule has 4 atom stereocenters. The Kier molecular flexibility index (Phi) is 6.00. The van der Waals surface area contributed by atoms with Crippen LogP contribution in [0.1, 0.15) is 26.7 Å². The molecule has 2 fully saturated rings. The first-order valence-corrected chi connectivity index (χ1v) is 8.97. The Morgan fingerprint density at radius 2 is 2.18 bits per heavy atom. The topological polar surface area (TPSA) is 21.3 Å². The first kappa shape index (κ1) is 14.0. The quantitative estimate of drug-likeness (QED) is 0.832. The molecule has 0 aromatic heterocycles. The largest absolute Gasteiger partial charge is 0.381 e. The minimum absolute atomic E-state index is 0.658. The van der Waals surface area contributed by atoms with Crippen LogP contribution in [-0.2, 0) is 4.74 Å². The summed E-state index contributed by atoms with van der Waals surface area (Å²) in [6, 6.07) is 0.658. The van der Waals surface area contributed by atoms with Crippen molar-refractivity contribution in [1.29, 1.82) is 0 Å². The van der Waals surface area contributed by atoms with Gasteiger partial charge in [-0.05, 0) is 19.4 Å². The Morgan fingerprint density at radius 1 is 1.35 bits per heavy atom. The molecule has 0 radical (unpaired) electrons. The van der Waals surface area contributed by atoms with Crippen molar-refractivity contribution in [3.8, 4) is 0 Å². The monoisotopic (exact) mass is 275 g/mol. The van der Waals surface area contributed by atoms with Crippen LogP contribution in [0.25, 0.3) is 0 Å². The molecule has 17 heavy (non-hydrogen) atoms. The maximum absolute atomic E-state index is 5.59. The Bertz CT molecular complexity index is 221. The Hall–Kier alpha value is 0.620. The van der Waals surface area contributed by atoms with Crippen LogP contribution in [0.2, 0.25) is 0 Å². The van der Waals surface area contributed by atoms with Crippen molar-refractivity contribution in [1.82, 2.24) is 5.32 Å². The van der Waals surface area contributed by atoms with Crippen molar-refractivity contribution in [2.24, 2.45) is 5.92 Å². The third kappa shape index (κ3) is 3.79. The molecule has 0 bridgehead atoms. The number of nitrogens with one attached hydrogen (secondary N) is 1. The maximum atomic E-state index is 5.59. The lowest BCUT2D eigenvalue weighted by atomic mass is 9.94. The summed E-state index contributed by atoms with van der Waals surface area (Å²) in [6.45, 7) is 7.73. The molecule has 100 valence electrons. The van der Waals surface area contributed by atoms with Gasteiger partial charge in [0.1, 0.15) is 0 Å². The molecule has 4 unspecified atom stereocenters. The van der Waals surface area contributed by atoms with E-state index in [0.29, 0.717) is 6.04 Å². The van der Waals surface area contributed by atoms with E-state index in [2.05, 4.69) is 42.7 Å². The van der Waals surface area contributed by atoms with Gasteiger partial charge in [-0.3, -0.25) is 0 Å². The summed E-state index contributed by atoms with van der Waals surface area (Å²) in [6.07, 6.45) is 2.47. The number of ether oxygens (including phenoxy) is 1. The molecule has 2 aliphatic heterocycles. The van der Waals surface area contributed by atoms with Gasteiger partial charge < -0.3 is 10.1 Å². The van der Waals surface area contributed by atoms with Gasteiger partial charge in [0, 0.05) is 40.6 Å². The predicted octanol–water partition coefficient (Wildman–Crippen LogP) is 2.63. The van der Waals surface area contributed by atoms with E-state index in [0.717, 1.165) is 36.2 Å². The molecule has 0 aromatic carbocycles. The molecule has 0 amide bonds. The van der Waals surface area contributed by atoms with Gasteiger partial charge in [0.05, 0.1) is 6.61 Å². The lowest BCUT2D eigenvalue weighted by molar-refractivity contribution is 0.176. The first-order chi connectivity index (χ1) is 8.33. The van der Waals surface area contributed by atoms with Crippen molar-refractivity contribution in [3.63, 3.8) is 0 Å². The highest BCUT2D eigenvalue weighted by Crippen LogP contribution is 2.36. The maximum Gasteiger partial charge on any atom is 0.0510 e. The van der Waals surface area contributed by atoms with E-state index in [1.54, 1.807) is 0 Å². The molecule has 2 saturated heterocycles. The minimum atomic E-state index is 0.658. The summed E-state index contributed by atoms with van der Waals surface area (Å²) >= 11 is 4.32. The smallest absolute Gasteiger partial charge is 0.0510 e. The zero-order chi connectivity index (χ0) is 12.1. The summed E-state index contributed by atoms with van der Waals surface area (Å²) in [5.74, 6) is 3.38. The number of hydrogen-bond donors (Lipinski definition) is 1. The van der Waals surface area contributed by atoms with Crippen molar-refractivity contribution < 1.29 is 4.74 Å². The van der Waals surface area contributed by atoms with Crippen LogP contribution in [-0.4, -0.2) is 47.8 Å². The fourth-order valence-electron chi connectivity index (χ4n) is 2.74. The average Bonchev–Trinajstić information content (AvgIpc) is 2.85. The van der Waals surface area contributed by atoms with Crippen LogP contribution in [0.15, 0.2) is 0 Å². The van der Waals surface area contributed by atoms with E-state index in [1.165, 1.54) is 24.3 Å². The van der Waals surface area contributed by atoms with Crippen molar-refractivity contribution in [2.45, 2.75) is 43.2 Å². The van der Waals surface area contributed by atoms with E-state index in [-0.39, 0.29) is 0 Å². The standard InChI is InChI=1S/C13H25NOS2/c1-3-5-14-12(11-4-6-15-9-11)13-10(2)16-7-8-17-13/h10-14H,3-9H2,1-2H3. The van der Waals surface area contributed by atoms with Gasteiger partial charge in [-0.2, -0.15) is 23.5 Å². The number of thioether (sulfide) groups is 2. The summed E-state index contributed by atoms with van der Waals surface area (Å²) in [5, 5.41) is 5.35. The fourth-order valence-corrected chi connectivity index (χ4v) is 5.78. The van der Waals surface area contributed by atoms with Gasteiger partial charge in [-0.1, -0.05) is 13.8 Å². The molecule has 2 heterocycles. The average molecular weight is 275 g/mol. The van der Waals surface area contributed by atoms with Crippen molar-refractivity contribution >= 4 is 23.5 Å². The highest BCUT2D eigenvalue weighted by molar-refractivity contribution is 8.07. The van der Waals surface area contributed by atoms with Crippen LogP contribution < -0.4 is 5.32 Å². The Labute approximate surface area is 114 Å². The van der Waals surface area contributed by atoms with Gasteiger partial charge in [-0.25, -0.2) is 0 Å². The van der Waals surface area contributed by atoms with Crippen LogP contribution in [0.3, 0.4) is 0 Å². The van der Waals surface area contributed by atoms with Gasteiger partial charge in [0.15, 0.2) is 0 Å². The molecule has 1 N–H and O–H groups in total. The summed E-state index contributed by atoms with van der Waals surface area (Å²) < 4.78 is 5.59. The van der Waals surface area contributed by atoms with E-state index in [9.17, 15) is 0 Å². The second kappa shape index (κ2) is 7.27. The molecule has 0 spiro atoms. The molecule has 0 aliphatic carbocycles. The van der Waals surface area contributed by atoms with Crippen LogP contribution >= 0.6 is 23.5 Å². The highest BCUT2D eigenvalue weighted by Gasteiger charge is 2.36. The summed E-state index contributed by atoms with van der Waals surface area (Å²) in [7, 11) is 0. The van der Waals surface area contributed by atoms with E-state index < -0.39 is 0 Å². The predicted molar refractivity (Wildman–Crippen MR) is 79.2 cm³/mol. The SMILES string of the molecule is CCCNC(C1CCOC1)C1SCCSC1C. The highest BCUT2D eigenvalue weighted by atomic mass is 32.2. The molecule has 0 saturated carbocycles. The molecule has 0 aromatic rings. The number of rotatable bonds is 5. The van der Waals surface area contributed by atoms with Gasteiger partial charge in [0.25, 0.3) is 0 Å². The Balaban J connectivity index is 1.96. The molecule has 4 heteroatoms. The molecular formula is C13H25NOS2. The van der Waals surface area contributed by atoms with Gasteiger partial charge >= 0.3 is 0 Å². The molecule has 2 aliphatic rings. The normalized spacial score (nSPS) is 36.0. The van der Waals surface area contributed by atoms with Crippen LogP contribution in [0, 0.1) is 5.92 Å². The van der Waals surface area contributed by atoms with E-state index in [1.807, 2.05) is 0 Å². The Morgan fingerprint density at radius 3 is 2.82 bits per heavy atom.